The number of pyridine rings is 1. The van der Waals surface area contributed by atoms with Crippen LogP contribution in [-0.4, -0.2) is 34.0 Å². The van der Waals surface area contributed by atoms with E-state index in [1.807, 2.05) is 42.5 Å². The number of nitrogens with zero attached hydrogens (tertiary/aromatic N) is 3. The van der Waals surface area contributed by atoms with E-state index in [0.29, 0.717) is 11.7 Å². The van der Waals surface area contributed by atoms with Crippen molar-refractivity contribution in [2.24, 2.45) is 5.16 Å². The summed E-state index contributed by atoms with van der Waals surface area (Å²) in [6.45, 7) is 1.82. The van der Waals surface area contributed by atoms with E-state index in [4.69, 9.17) is 4.74 Å². The second-order valence-electron chi connectivity index (χ2n) is 6.79. The van der Waals surface area contributed by atoms with E-state index >= 15 is 0 Å². The summed E-state index contributed by atoms with van der Waals surface area (Å²) in [7, 11) is 0. The molecule has 5 nitrogen and oxygen atoms in total. The fraction of sp³-hybridized carbons (Fsp3) is 0.273. The molecular formula is C22H23N3O2. The van der Waals surface area contributed by atoms with Crippen LogP contribution < -0.4 is 4.74 Å². The number of aromatic nitrogens is 1. The molecule has 1 saturated heterocycles. The number of rotatable bonds is 3. The number of ether oxygens (including phenoxy) is 1. The largest absolute Gasteiger partial charge is 0.438 e. The van der Waals surface area contributed by atoms with Gasteiger partial charge in [-0.1, -0.05) is 54.4 Å². The number of hydrogen-bond acceptors (Lipinski definition) is 4. The van der Waals surface area contributed by atoms with Crippen molar-refractivity contribution >= 4 is 16.6 Å². The zero-order valence-electron chi connectivity index (χ0n) is 15.2. The number of benzene rings is 2. The van der Waals surface area contributed by atoms with Crippen LogP contribution in [0.5, 0.6) is 11.6 Å². The van der Waals surface area contributed by atoms with E-state index in [0.717, 1.165) is 48.0 Å². The summed E-state index contributed by atoms with van der Waals surface area (Å²) in [6, 6.07) is 17.8. The first-order chi connectivity index (χ1) is 13.3. The first-order valence-electron chi connectivity index (χ1n) is 9.44. The average molecular weight is 361 g/mol. The van der Waals surface area contributed by atoms with Crippen LogP contribution in [0.1, 0.15) is 31.2 Å². The highest BCUT2D eigenvalue weighted by atomic mass is 16.5. The van der Waals surface area contributed by atoms with Gasteiger partial charge in [-0.05, 0) is 30.4 Å². The Morgan fingerprint density at radius 2 is 1.70 bits per heavy atom. The molecule has 0 unspecified atom stereocenters. The molecule has 2 heterocycles. The van der Waals surface area contributed by atoms with E-state index in [9.17, 15) is 5.21 Å². The summed E-state index contributed by atoms with van der Waals surface area (Å²) in [6.07, 6.45) is 6.40. The fourth-order valence-corrected chi connectivity index (χ4v) is 3.56. The number of fused-ring (bicyclic) bond motifs is 1. The lowest BCUT2D eigenvalue weighted by Crippen LogP contribution is -2.32. The van der Waals surface area contributed by atoms with Gasteiger partial charge in [-0.15, -0.1) is 0 Å². The van der Waals surface area contributed by atoms with Crippen molar-refractivity contribution in [2.45, 2.75) is 25.7 Å². The zero-order chi connectivity index (χ0) is 18.5. The molecule has 1 fully saturated rings. The quantitative estimate of drug-likeness (QED) is 0.307. The highest BCUT2D eigenvalue weighted by Crippen LogP contribution is 2.29. The van der Waals surface area contributed by atoms with Gasteiger partial charge in [0.1, 0.15) is 5.75 Å². The number of amidine groups is 1. The minimum Gasteiger partial charge on any atom is -0.438 e. The van der Waals surface area contributed by atoms with Gasteiger partial charge < -0.3 is 14.8 Å². The Labute approximate surface area is 158 Å². The summed E-state index contributed by atoms with van der Waals surface area (Å²) in [5.41, 5.74) is 0.796. The van der Waals surface area contributed by atoms with Gasteiger partial charge >= 0.3 is 0 Å². The third-order valence-electron chi connectivity index (χ3n) is 4.96. The Bertz CT molecular complexity index is 924. The van der Waals surface area contributed by atoms with Crippen LogP contribution in [-0.2, 0) is 0 Å². The van der Waals surface area contributed by atoms with E-state index in [1.54, 1.807) is 6.20 Å². The van der Waals surface area contributed by atoms with Crippen LogP contribution in [0, 0.1) is 0 Å². The van der Waals surface area contributed by atoms with E-state index in [1.165, 1.54) is 12.8 Å². The first-order valence-corrected chi connectivity index (χ1v) is 9.44. The van der Waals surface area contributed by atoms with Crippen LogP contribution in [0.2, 0.25) is 0 Å². The molecule has 0 spiro atoms. The SMILES string of the molecule is O/N=C(/c1ccc(Oc2cccc3ccccc23)nc1)N1CCCCCC1. The lowest BCUT2D eigenvalue weighted by atomic mass is 10.1. The monoisotopic (exact) mass is 361 g/mol. The summed E-state index contributed by atoms with van der Waals surface area (Å²) in [4.78, 5) is 6.56. The Morgan fingerprint density at radius 3 is 2.44 bits per heavy atom. The smallest absolute Gasteiger partial charge is 0.219 e. The third kappa shape index (κ3) is 3.87. The summed E-state index contributed by atoms with van der Waals surface area (Å²) < 4.78 is 6.00. The van der Waals surface area contributed by atoms with Crippen molar-refractivity contribution < 1.29 is 9.94 Å². The summed E-state index contributed by atoms with van der Waals surface area (Å²) in [5.74, 6) is 1.88. The lowest BCUT2D eigenvalue weighted by molar-refractivity contribution is 0.301. The molecule has 0 bridgehead atoms. The Kier molecular flexibility index (Phi) is 5.19. The van der Waals surface area contributed by atoms with Crippen LogP contribution in [0.3, 0.4) is 0 Å². The standard InChI is InChI=1S/C22H23N3O2/c26-24-22(25-14-5-1-2-6-15-25)18-12-13-21(23-16-18)27-20-11-7-9-17-8-3-4-10-19(17)20/h3-4,7-13,16,26H,1-2,5-6,14-15H2/b24-22-. The van der Waals surface area contributed by atoms with Crippen molar-refractivity contribution in [2.75, 3.05) is 13.1 Å². The zero-order valence-corrected chi connectivity index (χ0v) is 15.2. The Hall–Kier alpha value is -3.08. The van der Waals surface area contributed by atoms with Crippen molar-refractivity contribution in [1.29, 1.82) is 0 Å². The molecule has 0 amide bonds. The second-order valence-corrected chi connectivity index (χ2v) is 6.79. The molecule has 1 N–H and O–H groups in total. The average Bonchev–Trinajstić information content (AvgIpc) is 3.00. The number of oxime groups is 1. The van der Waals surface area contributed by atoms with Crippen molar-refractivity contribution in [3.8, 4) is 11.6 Å². The molecule has 1 aromatic heterocycles. The topological polar surface area (TPSA) is 58.0 Å². The molecule has 0 radical (unpaired) electrons. The van der Waals surface area contributed by atoms with Gasteiger partial charge in [0.2, 0.25) is 5.88 Å². The van der Waals surface area contributed by atoms with E-state index in [2.05, 4.69) is 27.2 Å². The Balaban J connectivity index is 1.54. The minimum atomic E-state index is 0.517. The van der Waals surface area contributed by atoms with Crippen LogP contribution in [0.4, 0.5) is 0 Å². The molecular weight excluding hydrogens is 338 g/mol. The molecule has 0 aliphatic carbocycles. The fourth-order valence-electron chi connectivity index (χ4n) is 3.56. The normalized spacial score (nSPS) is 15.6. The molecule has 4 rings (SSSR count). The first kappa shape index (κ1) is 17.3. The van der Waals surface area contributed by atoms with E-state index in [-0.39, 0.29) is 0 Å². The maximum atomic E-state index is 9.53. The van der Waals surface area contributed by atoms with Crippen LogP contribution >= 0.6 is 0 Å². The van der Waals surface area contributed by atoms with Crippen molar-refractivity contribution in [3.05, 3.63) is 66.4 Å². The molecule has 0 saturated carbocycles. The summed E-state index contributed by atoms with van der Waals surface area (Å²) >= 11 is 0. The molecule has 2 aromatic carbocycles. The summed E-state index contributed by atoms with van der Waals surface area (Å²) in [5, 5.41) is 15.3. The molecule has 5 heteroatoms. The molecule has 27 heavy (non-hydrogen) atoms. The minimum absolute atomic E-state index is 0.517. The van der Waals surface area contributed by atoms with Gasteiger partial charge in [-0.2, -0.15) is 0 Å². The molecule has 1 aliphatic rings. The second kappa shape index (κ2) is 8.08. The van der Waals surface area contributed by atoms with E-state index < -0.39 is 0 Å². The maximum Gasteiger partial charge on any atom is 0.219 e. The molecule has 0 atom stereocenters. The van der Waals surface area contributed by atoms with Gasteiger partial charge in [-0.25, -0.2) is 4.98 Å². The van der Waals surface area contributed by atoms with Crippen LogP contribution in [0.15, 0.2) is 65.9 Å². The van der Waals surface area contributed by atoms with Crippen molar-refractivity contribution in [3.63, 3.8) is 0 Å². The van der Waals surface area contributed by atoms with Gasteiger partial charge in [0.15, 0.2) is 5.84 Å². The number of likely N-dealkylation sites (tertiary alicyclic amines) is 1. The molecule has 138 valence electrons. The Morgan fingerprint density at radius 1 is 0.926 bits per heavy atom. The third-order valence-corrected chi connectivity index (χ3v) is 4.96. The van der Waals surface area contributed by atoms with Crippen molar-refractivity contribution in [1.82, 2.24) is 9.88 Å². The predicted molar refractivity (Wildman–Crippen MR) is 107 cm³/mol. The predicted octanol–water partition coefficient (Wildman–Crippen LogP) is 5.04. The number of hydrogen-bond donors (Lipinski definition) is 1. The lowest BCUT2D eigenvalue weighted by Gasteiger charge is -2.23. The maximum absolute atomic E-state index is 9.53. The van der Waals surface area contributed by atoms with Gasteiger partial charge in [0.05, 0.1) is 0 Å². The molecule has 3 aromatic rings. The molecule has 1 aliphatic heterocycles. The van der Waals surface area contributed by atoms with Gasteiger partial charge in [0, 0.05) is 36.3 Å². The van der Waals surface area contributed by atoms with Gasteiger partial charge in [0.25, 0.3) is 0 Å². The highest BCUT2D eigenvalue weighted by molar-refractivity contribution is 5.98. The van der Waals surface area contributed by atoms with Crippen LogP contribution in [0.25, 0.3) is 10.8 Å². The highest BCUT2D eigenvalue weighted by Gasteiger charge is 2.17. The van der Waals surface area contributed by atoms with Gasteiger partial charge in [-0.3, -0.25) is 0 Å².